The Labute approximate surface area is 321 Å². The first-order chi connectivity index (χ1) is 20.0. The van der Waals surface area contributed by atoms with E-state index in [1.54, 1.807) is 5.19 Å². The second-order valence-electron chi connectivity index (χ2n) is 13.6. The van der Waals surface area contributed by atoms with Crippen molar-refractivity contribution in [3.63, 3.8) is 0 Å². The average molecular weight is 747 g/mol. The summed E-state index contributed by atoms with van der Waals surface area (Å²) in [5, 5.41) is 6.08. The summed E-state index contributed by atoms with van der Waals surface area (Å²) in [6.45, 7) is 23.5. The van der Waals surface area contributed by atoms with Gasteiger partial charge in [-0.05, 0) is 111 Å². The van der Waals surface area contributed by atoms with E-state index in [2.05, 4.69) is 163 Å². The van der Waals surface area contributed by atoms with Crippen LogP contribution in [-0.2, 0) is 21.7 Å². The third kappa shape index (κ3) is 7.54. The molecule has 4 aromatic rings. The van der Waals surface area contributed by atoms with E-state index in [1.807, 2.05) is 0 Å². The smallest absolute Gasteiger partial charge is 1.00 e. The van der Waals surface area contributed by atoms with Crippen LogP contribution >= 0.6 is 0 Å². The van der Waals surface area contributed by atoms with Crippen LogP contribution in [0.3, 0.4) is 0 Å². The van der Waals surface area contributed by atoms with Crippen molar-refractivity contribution < 1.29 is 58.9 Å². The number of rotatable bonds is 7. The van der Waals surface area contributed by atoms with E-state index in [9.17, 15) is 0 Å². The molecular formula is C39H54Cl3N3SiTi. The van der Waals surface area contributed by atoms with Crippen molar-refractivity contribution in [1.29, 1.82) is 0 Å². The Kier molecular flexibility index (Phi) is 16.1. The van der Waals surface area contributed by atoms with Gasteiger partial charge in [0.05, 0.1) is 0 Å². The van der Waals surface area contributed by atoms with Crippen LogP contribution in [0, 0.1) is 69.2 Å². The van der Waals surface area contributed by atoms with Gasteiger partial charge < -0.3 is 51.9 Å². The number of benzene rings is 3. The summed E-state index contributed by atoms with van der Waals surface area (Å²) < 4.78 is 0. The SMILES string of the molecule is Cc1cc(N(C)C)cc([Si](c2cc(N(C)C)cc(C)c2C)(c2cc(N(C)C)cc(C)c2C)[c-]2c(C)c(C)c(C)c2C)c1C.[Cl-].[Cl-].[Cl-].[Ti+4]. The standard InChI is InChI=1S/C39H54N3Si.3ClH.Ti/c1-23-17-33(40(11)12)20-36(26(23)4)43(39-31(9)29(7)30(8)32(39)10,37-21-34(41(13)14)18-24(2)27(37)5)38-22-35(42(15)16)19-25(3)28(38)6;;;;/h17-22H,1-16H3;3*1H;/q-1;;;;+4/p-3. The molecule has 0 N–H and O–H groups in total. The van der Waals surface area contributed by atoms with Gasteiger partial charge in [0.25, 0.3) is 0 Å². The molecule has 0 saturated heterocycles. The molecule has 0 aliphatic rings. The topological polar surface area (TPSA) is 9.72 Å². The van der Waals surface area contributed by atoms with Crippen LogP contribution in [0.1, 0.15) is 55.6 Å². The molecule has 0 aliphatic carbocycles. The van der Waals surface area contributed by atoms with Crippen LogP contribution in [0.4, 0.5) is 17.1 Å². The van der Waals surface area contributed by atoms with Gasteiger partial charge in [0.1, 0.15) is 8.07 Å². The van der Waals surface area contributed by atoms with Crippen molar-refractivity contribution in [1.82, 2.24) is 0 Å². The minimum absolute atomic E-state index is 0. The fraction of sp³-hybridized carbons (Fsp3) is 0.410. The molecule has 0 fully saturated rings. The average Bonchev–Trinajstić information content (AvgIpc) is 3.12. The Balaban J connectivity index is 0.00000529. The maximum Gasteiger partial charge on any atom is 4.00 e. The van der Waals surface area contributed by atoms with E-state index in [4.69, 9.17) is 0 Å². The molecule has 4 aromatic carbocycles. The van der Waals surface area contributed by atoms with Crippen LogP contribution in [-0.4, -0.2) is 50.4 Å². The second kappa shape index (κ2) is 16.7. The van der Waals surface area contributed by atoms with Crippen molar-refractivity contribution in [2.24, 2.45) is 0 Å². The van der Waals surface area contributed by atoms with Gasteiger partial charge in [0.15, 0.2) is 0 Å². The van der Waals surface area contributed by atoms with Gasteiger partial charge in [0, 0.05) is 59.3 Å². The molecule has 0 amide bonds. The van der Waals surface area contributed by atoms with Crippen LogP contribution in [0.25, 0.3) is 0 Å². The number of halogens is 3. The van der Waals surface area contributed by atoms with Gasteiger partial charge in [-0.2, -0.15) is 22.3 Å². The summed E-state index contributed by atoms with van der Waals surface area (Å²) in [6, 6.07) is 14.7. The number of hydrogen-bond acceptors (Lipinski definition) is 3. The third-order valence-corrected chi connectivity index (χ3v) is 16.0. The maximum absolute atomic E-state index is 2.94. The van der Waals surface area contributed by atoms with E-state index in [1.165, 1.54) is 88.3 Å². The van der Waals surface area contributed by atoms with E-state index >= 15 is 0 Å². The summed E-state index contributed by atoms with van der Waals surface area (Å²) in [5.74, 6) is 0. The van der Waals surface area contributed by atoms with Gasteiger partial charge in [0.2, 0.25) is 0 Å². The molecule has 0 atom stereocenters. The van der Waals surface area contributed by atoms with Crippen LogP contribution < -0.4 is 72.7 Å². The zero-order valence-corrected chi connectivity index (χ0v) is 36.3. The predicted octanol–water partition coefficient (Wildman–Crippen LogP) is -2.93. The Bertz CT molecular complexity index is 1540. The molecule has 0 aliphatic heterocycles. The maximum atomic E-state index is 2.54. The van der Waals surface area contributed by atoms with E-state index < -0.39 is 8.07 Å². The summed E-state index contributed by atoms with van der Waals surface area (Å²) in [7, 11) is 10.1. The molecule has 8 heteroatoms. The molecule has 3 nitrogen and oxygen atoms in total. The van der Waals surface area contributed by atoms with Crippen molar-refractivity contribution in [3.8, 4) is 0 Å². The minimum atomic E-state index is -2.94. The summed E-state index contributed by atoms with van der Waals surface area (Å²) in [5.41, 5.74) is 17.8. The van der Waals surface area contributed by atoms with Crippen molar-refractivity contribution >= 4 is 45.9 Å². The quantitative estimate of drug-likeness (QED) is 0.114. The molecule has 0 aromatic heterocycles. The molecule has 0 spiro atoms. The van der Waals surface area contributed by atoms with Crippen molar-refractivity contribution in [2.45, 2.75) is 69.2 Å². The number of nitrogens with zero attached hydrogens (tertiary/aromatic N) is 3. The third-order valence-electron chi connectivity index (χ3n) is 10.5. The summed E-state index contributed by atoms with van der Waals surface area (Å²) >= 11 is 0. The Hall–Kier alpha value is -1.79. The second-order valence-corrected chi connectivity index (χ2v) is 17.2. The number of aryl methyl sites for hydroxylation is 3. The summed E-state index contributed by atoms with van der Waals surface area (Å²) in [4.78, 5) is 6.83. The molecule has 0 unspecified atom stereocenters. The van der Waals surface area contributed by atoms with Gasteiger partial charge in [-0.25, -0.2) is 0 Å². The normalized spacial score (nSPS) is 10.7. The van der Waals surface area contributed by atoms with Crippen molar-refractivity contribution in [2.75, 3.05) is 57.0 Å². The minimum Gasteiger partial charge on any atom is -1.00 e. The fourth-order valence-electron chi connectivity index (χ4n) is 7.08. The van der Waals surface area contributed by atoms with Crippen LogP contribution in [0.5, 0.6) is 0 Å². The zero-order valence-electron chi connectivity index (χ0n) is 31.4. The zero-order chi connectivity index (χ0) is 32.3. The number of hydrogen-bond donors (Lipinski definition) is 0. The molecule has 0 bridgehead atoms. The van der Waals surface area contributed by atoms with Crippen LogP contribution in [0.15, 0.2) is 36.4 Å². The summed E-state index contributed by atoms with van der Waals surface area (Å²) in [6.07, 6.45) is 0. The Morgan fingerprint density at radius 3 is 0.851 bits per heavy atom. The van der Waals surface area contributed by atoms with Gasteiger partial charge in [-0.15, -0.1) is 5.19 Å². The van der Waals surface area contributed by atoms with Gasteiger partial charge in [-0.3, -0.25) is 0 Å². The van der Waals surface area contributed by atoms with Crippen molar-refractivity contribution in [3.05, 3.63) is 92.0 Å². The van der Waals surface area contributed by atoms with Gasteiger partial charge in [-0.1, -0.05) is 43.3 Å². The number of anilines is 3. The van der Waals surface area contributed by atoms with E-state index in [0.717, 1.165) is 0 Å². The van der Waals surface area contributed by atoms with E-state index in [0.29, 0.717) is 0 Å². The van der Waals surface area contributed by atoms with Crippen LogP contribution in [0.2, 0.25) is 0 Å². The molecule has 0 saturated carbocycles. The largest absolute Gasteiger partial charge is 4.00 e. The Morgan fingerprint density at radius 1 is 0.404 bits per heavy atom. The fourth-order valence-corrected chi connectivity index (χ4v) is 13.6. The molecule has 47 heavy (non-hydrogen) atoms. The van der Waals surface area contributed by atoms with Gasteiger partial charge >= 0.3 is 21.7 Å². The molecule has 254 valence electrons. The predicted molar refractivity (Wildman–Crippen MR) is 196 cm³/mol. The first kappa shape index (κ1) is 45.2. The Morgan fingerprint density at radius 2 is 0.638 bits per heavy atom. The first-order valence-corrected chi connectivity index (χ1v) is 17.6. The molecular weight excluding hydrogens is 693 g/mol. The monoisotopic (exact) mass is 745 g/mol. The molecule has 4 rings (SSSR count). The molecule has 0 heterocycles. The van der Waals surface area contributed by atoms with E-state index in [-0.39, 0.29) is 58.9 Å². The molecule has 0 radical (unpaired) electrons. The first-order valence-electron chi connectivity index (χ1n) is 15.6.